The summed E-state index contributed by atoms with van der Waals surface area (Å²) in [6, 6.07) is 18.6. The Bertz CT molecular complexity index is 1310. The van der Waals surface area contributed by atoms with E-state index in [1.54, 1.807) is 17.4 Å². The van der Waals surface area contributed by atoms with Gasteiger partial charge in [-0.25, -0.2) is 4.98 Å². The molecule has 2 aromatic carbocycles. The number of hydrogen-bond donors (Lipinski definition) is 0. The number of para-hydroxylation sites is 2. The standard InChI is InChI=1S/C26H24N4OS/c27-14-6-16-29-17-19(21-8-1-3-10-23(21)29)12-13-25(31)30-15-5-7-20(18-30)26-28-22-9-2-4-11-24(22)32-26/h1-4,8-13,17,20H,5-7,15-16,18H2. The fourth-order valence-corrected chi connectivity index (χ4v) is 5.57. The van der Waals surface area contributed by atoms with E-state index in [0.29, 0.717) is 25.4 Å². The predicted octanol–water partition coefficient (Wildman–Crippen LogP) is 5.58. The molecule has 1 fully saturated rings. The van der Waals surface area contributed by atoms with Crippen molar-refractivity contribution in [3.63, 3.8) is 0 Å². The van der Waals surface area contributed by atoms with Crippen molar-refractivity contribution in [1.29, 1.82) is 5.26 Å². The number of hydrogen-bond acceptors (Lipinski definition) is 4. The van der Waals surface area contributed by atoms with Crippen LogP contribution in [0.25, 0.3) is 27.2 Å². The molecule has 0 spiro atoms. The molecule has 1 unspecified atom stereocenters. The quantitative estimate of drug-likeness (QED) is 0.380. The lowest BCUT2D eigenvalue weighted by Crippen LogP contribution is -2.38. The smallest absolute Gasteiger partial charge is 0.246 e. The molecule has 32 heavy (non-hydrogen) atoms. The lowest BCUT2D eigenvalue weighted by atomic mass is 9.98. The van der Waals surface area contributed by atoms with Crippen molar-refractivity contribution in [2.75, 3.05) is 13.1 Å². The van der Waals surface area contributed by atoms with E-state index < -0.39 is 0 Å². The van der Waals surface area contributed by atoms with Gasteiger partial charge in [0.1, 0.15) is 0 Å². The number of piperidine rings is 1. The summed E-state index contributed by atoms with van der Waals surface area (Å²) in [6.45, 7) is 2.15. The van der Waals surface area contributed by atoms with Gasteiger partial charge in [0.25, 0.3) is 0 Å². The zero-order chi connectivity index (χ0) is 21.9. The normalized spacial score (nSPS) is 16.7. The second-order valence-electron chi connectivity index (χ2n) is 8.18. The molecule has 5 nitrogen and oxygen atoms in total. The van der Waals surface area contributed by atoms with E-state index in [1.807, 2.05) is 41.4 Å². The Kier molecular flexibility index (Phi) is 5.74. The van der Waals surface area contributed by atoms with Crippen molar-refractivity contribution in [1.82, 2.24) is 14.5 Å². The summed E-state index contributed by atoms with van der Waals surface area (Å²) < 4.78 is 3.30. The number of likely N-dealkylation sites (tertiary alicyclic amines) is 1. The molecule has 1 aliphatic rings. The van der Waals surface area contributed by atoms with Crippen LogP contribution in [-0.4, -0.2) is 33.4 Å². The monoisotopic (exact) mass is 440 g/mol. The number of nitriles is 1. The van der Waals surface area contributed by atoms with Crippen LogP contribution < -0.4 is 0 Å². The number of thiazole rings is 1. The van der Waals surface area contributed by atoms with E-state index in [2.05, 4.69) is 34.9 Å². The fourth-order valence-electron chi connectivity index (χ4n) is 4.47. The summed E-state index contributed by atoms with van der Waals surface area (Å²) >= 11 is 1.75. The SMILES string of the molecule is N#CCCn1cc(C=CC(=O)N2CCCC(c3nc4ccccc4s3)C2)c2ccccc21. The lowest BCUT2D eigenvalue weighted by molar-refractivity contribution is -0.127. The van der Waals surface area contributed by atoms with Crippen LogP contribution in [0.5, 0.6) is 0 Å². The number of aryl methyl sites for hydroxylation is 1. The Morgan fingerprint density at radius 2 is 2.06 bits per heavy atom. The van der Waals surface area contributed by atoms with Crippen LogP contribution in [0.3, 0.4) is 0 Å². The van der Waals surface area contributed by atoms with Crippen molar-refractivity contribution >= 4 is 44.4 Å². The zero-order valence-electron chi connectivity index (χ0n) is 17.8. The van der Waals surface area contributed by atoms with Gasteiger partial charge < -0.3 is 9.47 Å². The first kappa shape index (κ1) is 20.5. The van der Waals surface area contributed by atoms with Crippen molar-refractivity contribution < 1.29 is 4.79 Å². The van der Waals surface area contributed by atoms with Crippen LogP contribution in [-0.2, 0) is 11.3 Å². The molecular formula is C26H24N4OS. The Morgan fingerprint density at radius 3 is 2.94 bits per heavy atom. The lowest BCUT2D eigenvalue weighted by Gasteiger charge is -2.31. The first-order valence-corrected chi connectivity index (χ1v) is 11.8. The number of carbonyl (C=O) groups is 1. The highest BCUT2D eigenvalue weighted by Crippen LogP contribution is 2.33. The van der Waals surface area contributed by atoms with Crippen LogP contribution in [0.4, 0.5) is 0 Å². The largest absolute Gasteiger partial charge is 0.346 e. The number of fused-ring (bicyclic) bond motifs is 2. The topological polar surface area (TPSA) is 61.9 Å². The third kappa shape index (κ3) is 4.04. The van der Waals surface area contributed by atoms with Crippen LogP contribution in [0, 0.1) is 11.3 Å². The van der Waals surface area contributed by atoms with E-state index in [0.717, 1.165) is 46.4 Å². The predicted molar refractivity (Wildman–Crippen MR) is 129 cm³/mol. The third-order valence-electron chi connectivity index (χ3n) is 6.08. The van der Waals surface area contributed by atoms with Crippen molar-refractivity contribution in [2.24, 2.45) is 0 Å². The number of nitrogens with zero attached hydrogens (tertiary/aromatic N) is 4. The van der Waals surface area contributed by atoms with Gasteiger partial charge in [-0.15, -0.1) is 11.3 Å². The van der Waals surface area contributed by atoms with Crippen LogP contribution in [0.15, 0.2) is 60.8 Å². The number of rotatable bonds is 5. The summed E-state index contributed by atoms with van der Waals surface area (Å²) in [7, 11) is 0. The molecule has 0 saturated carbocycles. The van der Waals surface area contributed by atoms with E-state index in [9.17, 15) is 4.79 Å². The summed E-state index contributed by atoms with van der Waals surface area (Å²) in [6.07, 6.45) is 8.16. The Labute approximate surface area is 191 Å². The maximum Gasteiger partial charge on any atom is 0.246 e. The molecule has 1 atom stereocenters. The number of carbonyl (C=O) groups excluding carboxylic acids is 1. The average Bonchev–Trinajstić information content (AvgIpc) is 3.43. The molecule has 1 amide bonds. The van der Waals surface area contributed by atoms with E-state index in [-0.39, 0.29) is 5.91 Å². The minimum Gasteiger partial charge on any atom is -0.346 e. The van der Waals surface area contributed by atoms with E-state index in [4.69, 9.17) is 10.2 Å². The van der Waals surface area contributed by atoms with Crippen LogP contribution >= 0.6 is 11.3 Å². The molecule has 6 heteroatoms. The minimum absolute atomic E-state index is 0.0460. The van der Waals surface area contributed by atoms with Crippen LogP contribution in [0.2, 0.25) is 0 Å². The first-order chi connectivity index (χ1) is 15.7. The third-order valence-corrected chi connectivity index (χ3v) is 7.28. The van der Waals surface area contributed by atoms with Crippen molar-refractivity contribution in [3.05, 3.63) is 71.4 Å². The van der Waals surface area contributed by atoms with Crippen molar-refractivity contribution in [3.8, 4) is 6.07 Å². The minimum atomic E-state index is 0.0460. The van der Waals surface area contributed by atoms with Gasteiger partial charge in [0.2, 0.25) is 5.91 Å². The van der Waals surface area contributed by atoms with Gasteiger partial charge in [0.15, 0.2) is 0 Å². The molecule has 0 aliphatic carbocycles. The molecule has 0 radical (unpaired) electrons. The molecule has 1 aliphatic heterocycles. The Balaban J connectivity index is 1.33. The van der Waals surface area contributed by atoms with Gasteiger partial charge in [-0.1, -0.05) is 30.3 Å². The van der Waals surface area contributed by atoms with Gasteiger partial charge >= 0.3 is 0 Å². The maximum atomic E-state index is 13.0. The second-order valence-corrected chi connectivity index (χ2v) is 9.24. The number of benzene rings is 2. The molecule has 2 aromatic heterocycles. The average molecular weight is 441 g/mol. The van der Waals surface area contributed by atoms with Crippen LogP contribution in [0.1, 0.15) is 35.8 Å². The highest BCUT2D eigenvalue weighted by molar-refractivity contribution is 7.18. The first-order valence-electron chi connectivity index (χ1n) is 11.0. The molecule has 160 valence electrons. The highest BCUT2D eigenvalue weighted by Gasteiger charge is 2.26. The molecule has 0 N–H and O–H groups in total. The van der Waals surface area contributed by atoms with Gasteiger partial charge in [-0.3, -0.25) is 4.79 Å². The van der Waals surface area contributed by atoms with Gasteiger partial charge in [0.05, 0.1) is 27.7 Å². The Hall–Kier alpha value is -3.43. The summed E-state index contributed by atoms with van der Waals surface area (Å²) in [4.78, 5) is 19.8. The van der Waals surface area contributed by atoms with E-state index in [1.165, 1.54) is 4.70 Å². The van der Waals surface area contributed by atoms with Gasteiger partial charge in [0, 0.05) is 54.3 Å². The maximum absolute atomic E-state index is 13.0. The van der Waals surface area contributed by atoms with Gasteiger partial charge in [-0.2, -0.15) is 5.26 Å². The fraction of sp³-hybridized carbons (Fsp3) is 0.269. The molecule has 4 aromatic rings. The summed E-state index contributed by atoms with van der Waals surface area (Å²) in [5.41, 5.74) is 3.14. The summed E-state index contributed by atoms with van der Waals surface area (Å²) in [5, 5.41) is 11.2. The van der Waals surface area contributed by atoms with Crippen molar-refractivity contribution in [2.45, 2.75) is 31.7 Å². The molecule has 1 saturated heterocycles. The van der Waals surface area contributed by atoms with E-state index >= 15 is 0 Å². The number of aromatic nitrogens is 2. The molecule has 5 rings (SSSR count). The highest BCUT2D eigenvalue weighted by atomic mass is 32.1. The zero-order valence-corrected chi connectivity index (χ0v) is 18.6. The molecule has 3 heterocycles. The van der Waals surface area contributed by atoms with Gasteiger partial charge in [-0.05, 0) is 37.1 Å². The molecule has 0 bridgehead atoms. The second kappa shape index (κ2) is 8.97. The Morgan fingerprint density at radius 1 is 1.22 bits per heavy atom. The molecular weight excluding hydrogens is 416 g/mol. The summed E-state index contributed by atoms with van der Waals surface area (Å²) in [5.74, 6) is 0.344. The number of amides is 1.